The number of fused-ring (bicyclic) bond motifs is 1. The zero-order chi connectivity index (χ0) is 20.4. The number of allylic oxidation sites excluding steroid dienone is 1. The summed E-state index contributed by atoms with van der Waals surface area (Å²) in [7, 11) is 0. The summed E-state index contributed by atoms with van der Waals surface area (Å²) in [5.74, 6) is 3.36. The molecule has 0 spiro atoms. The predicted molar refractivity (Wildman–Crippen MR) is 116 cm³/mol. The number of hydrogen-bond donors (Lipinski definition) is 0. The van der Waals surface area contributed by atoms with E-state index in [1.165, 1.54) is 24.0 Å². The van der Waals surface area contributed by atoms with Crippen molar-refractivity contribution in [3.63, 3.8) is 0 Å². The van der Waals surface area contributed by atoms with Gasteiger partial charge in [-0.05, 0) is 68.6 Å². The standard InChI is InChI=1S/C22H30N4O2S/c1-4-10-25-21(16-7-8-16)23-26(22(25)29)15-24-11-9-17-12-19(27-5-2)20(28-6-3)13-18(17)14-24/h4,12-13,16H,1,5-11,14-15H2,2-3H3. The number of aromatic nitrogens is 3. The summed E-state index contributed by atoms with van der Waals surface area (Å²) in [5, 5.41) is 4.87. The summed E-state index contributed by atoms with van der Waals surface area (Å²) in [5.41, 5.74) is 2.63. The quantitative estimate of drug-likeness (QED) is 0.452. The van der Waals surface area contributed by atoms with Gasteiger partial charge in [-0.1, -0.05) is 6.08 Å². The van der Waals surface area contributed by atoms with Crippen LogP contribution < -0.4 is 9.47 Å². The molecule has 0 N–H and O–H groups in total. The molecule has 2 aliphatic rings. The van der Waals surface area contributed by atoms with Crippen LogP contribution in [0.2, 0.25) is 0 Å². The van der Waals surface area contributed by atoms with Crippen LogP contribution in [0.4, 0.5) is 0 Å². The maximum absolute atomic E-state index is 5.82. The molecule has 0 atom stereocenters. The molecule has 2 heterocycles. The van der Waals surface area contributed by atoms with Crippen molar-refractivity contribution >= 4 is 12.2 Å². The molecule has 1 saturated carbocycles. The number of rotatable bonds is 9. The van der Waals surface area contributed by atoms with E-state index in [0.29, 0.717) is 25.8 Å². The second-order valence-corrected chi connectivity index (χ2v) is 8.06. The Bertz CT molecular complexity index is 945. The first kappa shape index (κ1) is 20.2. The Balaban J connectivity index is 1.54. The van der Waals surface area contributed by atoms with Crippen molar-refractivity contribution in [2.24, 2.45) is 0 Å². The smallest absolute Gasteiger partial charge is 0.199 e. The molecule has 1 aliphatic heterocycles. The summed E-state index contributed by atoms with van der Waals surface area (Å²) in [4.78, 5) is 2.40. The molecule has 0 amide bonds. The lowest BCUT2D eigenvalue weighted by Gasteiger charge is -2.29. The van der Waals surface area contributed by atoms with Crippen LogP contribution in [0.5, 0.6) is 11.5 Å². The maximum atomic E-state index is 5.82. The zero-order valence-corrected chi connectivity index (χ0v) is 18.2. The highest BCUT2D eigenvalue weighted by atomic mass is 32.1. The Kier molecular flexibility index (Phi) is 6.06. The second kappa shape index (κ2) is 8.71. The van der Waals surface area contributed by atoms with Crippen molar-refractivity contribution in [2.45, 2.75) is 58.8 Å². The largest absolute Gasteiger partial charge is 0.490 e. The first-order valence-corrected chi connectivity index (χ1v) is 11.0. The predicted octanol–water partition coefficient (Wildman–Crippen LogP) is 4.29. The molecule has 4 rings (SSSR count). The highest BCUT2D eigenvalue weighted by Gasteiger charge is 2.30. The average Bonchev–Trinajstić information content (AvgIpc) is 3.51. The molecule has 0 saturated heterocycles. The van der Waals surface area contributed by atoms with Crippen molar-refractivity contribution in [3.05, 3.63) is 46.5 Å². The second-order valence-electron chi connectivity index (χ2n) is 7.69. The van der Waals surface area contributed by atoms with E-state index in [-0.39, 0.29) is 0 Å². The Morgan fingerprint density at radius 3 is 2.48 bits per heavy atom. The van der Waals surface area contributed by atoms with Crippen LogP contribution in [0.1, 0.15) is 49.6 Å². The molecule has 7 heteroatoms. The Morgan fingerprint density at radius 2 is 1.86 bits per heavy atom. The van der Waals surface area contributed by atoms with Crippen LogP contribution in [0.25, 0.3) is 0 Å². The molecule has 1 fully saturated rings. The van der Waals surface area contributed by atoms with Gasteiger partial charge in [0.05, 0.1) is 19.9 Å². The summed E-state index contributed by atoms with van der Waals surface area (Å²) < 4.78 is 16.5. The van der Waals surface area contributed by atoms with E-state index in [1.54, 1.807) is 0 Å². The molecule has 0 bridgehead atoms. The highest BCUT2D eigenvalue weighted by molar-refractivity contribution is 7.71. The maximum Gasteiger partial charge on any atom is 0.199 e. The molecule has 1 aromatic carbocycles. The lowest BCUT2D eigenvalue weighted by Crippen LogP contribution is -2.33. The van der Waals surface area contributed by atoms with E-state index in [1.807, 2.05) is 24.6 Å². The summed E-state index contributed by atoms with van der Waals surface area (Å²) in [6.07, 6.45) is 5.30. The third-order valence-corrected chi connectivity index (χ3v) is 5.93. The molecule has 6 nitrogen and oxygen atoms in total. The minimum atomic E-state index is 0.561. The SMILES string of the molecule is C=CCn1c(C2CC2)nn(CN2CCc3cc(OCC)c(OCC)cc3C2)c1=S. The minimum absolute atomic E-state index is 0.561. The van der Waals surface area contributed by atoms with Crippen LogP contribution in [0, 0.1) is 4.77 Å². The van der Waals surface area contributed by atoms with Crippen molar-refractivity contribution in [2.75, 3.05) is 19.8 Å². The van der Waals surface area contributed by atoms with Gasteiger partial charge in [-0.15, -0.1) is 6.58 Å². The fraction of sp³-hybridized carbons (Fsp3) is 0.545. The van der Waals surface area contributed by atoms with E-state index < -0.39 is 0 Å². The fourth-order valence-electron chi connectivity index (χ4n) is 3.96. The van der Waals surface area contributed by atoms with Crippen molar-refractivity contribution in [1.29, 1.82) is 0 Å². The molecule has 0 unspecified atom stereocenters. The lowest BCUT2D eigenvalue weighted by molar-refractivity contribution is 0.186. The van der Waals surface area contributed by atoms with E-state index in [4.69, 9.17) is 26.8 Å². The third kappa shape index (κ3) is 4.26. The summed E-state index contributed by atoms with van der Waals surface area (Å²) in [6, 6.07) is 4.29. The van der Waals surface area contributed by atoms with Gasteiger partial charge in [0.1, 0.15) is 5.82 Å². The molecule has 29 heavy (non-hydrogen) atoms. The Labute approximate surface area is 177 Å². The molecular weight excluding hydrogens is 384 g/mol. The number of hydrogen-bond acceptors (Lipinski definition) is 5. The summed E-state index contributed by atoms with van der Waals surface area (Å²) >= 11 is 5.73. The number of nitrogens with zero attached hydrogens (tertiary/aromatic N) is 4. The van der Waals surface area contributed by atoms with E-state index in [0.717, 1.165) is 48.1 Å². The third-order valence-electron chi connectivity index (χ3n) is 5.50. The topological polar surface area (TPSA) is 44.5 Å². The van der Waals surface area contributed by atoms with Gasteiger partial charge in [0.25, 0.3) is 0 Å². The van der Waals surface area contributed by atoms with Gasteiger partial charge < -0.3 is 9.47 Å². The van der Waals surface area contributed by atoms with Gasteiger partial charge in [-0.2, -0.15) is 5.10 Å². The average molecular weight is 415 g/mol. The molecule has 0 radical (unpaired) electrons. The van der Waals surface area contributed by atoms with Crippen molar-refractivity contribution < 1.29 is 9.47 Å². The molecule has 2 aromatic rings. The lowest BCUT2D eigenvalue weighted by atomic mass is 9.99. The Morgan fingerprint density at radius 1 is 1.17 bits per heavy atom. The van der Waals surface area contributed by atoms with Crippen molar-refractivity contribution in [1.82, 2.24) is 19.2 Å². The minimum Gasteiger partial charge on any atom is -0.490 e. The number of benzene rings is 1. The van der Waals surface area contributed by atoms with Crippen LogP contribution in [-0.4, -0.2) is 39.0 Å². The van der Waals surface area contributed by atoms with Crippen LogP contribution in [0.15, 0.2) is 24.8 Å². The van der Waals surface area contributed by atoms with Gasteiger partial charge in [-0.25, -0.2) is 4.68 Å². The van der Waals surface area contributed by atoms with Gasteiger partial charge >= 0.3 is 0 Å². The van der Waals surface area contributed by atoms with Crippen LogP contribution >= 0.6 is 12.2 Å². The van der Waals surface area contributed by atoms with Crippen LogP contribution in [-0.2, 0) is 26.2 Å². The van der Waals surface area contributed by atoms with Crippen molar-refractivity contribution in [3.8, 4) is 11.5 Å². The first-order valence-electron chi connectivity index (χ1n) is 10.6. The monoisotopic (exact) mass is 414 g/mol. The zero-order valence-electron chi connectivity index (χ0n) is 17.4. The van der Waals surface area contributed by atoms with E-state index in [2.05, 4.69) is 28.2 Å². The van der Waals surface area contributed by atoms with Crippen LogP contribution in [0.3, 0.4) is 0 Å². The molecule has 156 valence electrons. The Hall–Kier alpha value is -2.12. The fourth-order valence-corrected chi connectivity index (χ4v) is 4.23. The molecular formula is C22H30N4O2S. The van der Waals surface area contributed by atoms with Gasteiger partial charge in [0.15, 0.2) is 16.3 Å². The normalized spacial score (nSPS) is 16.5. The van der Waals surface area contributed by atoms with Gasteiger partial charge in [0.2, 0.25) is 0 Å². The number of ether oxygens (including phenoxy) is 2. The van der Waals surface area contributed by atoms with E-state index >= 15 is 0 Å². The molecule has 1 aliphatic carbocycles. The van der Waals surface area contributed by atoms with Gasteiger partial charge in [0, 0.05) is 25.6 Å². The molecule has 1 aromatic heterocycles. The van der Waals surface area contributed by atoms with Gasteiger partial charge in [-0.3, -0.25) is 9.47 Å². The summed E-state index contributed by atoms with van der Waals surface area (Å²) in [6.45, 7) is 12.4. The first-order chi connectivity index (χ1) is 14.1. The van der Waals surface area contributed by atoms with E-state index in [9.17, 15) is 0 Å². The highest BCUT2D eigenvalue weighted by Crippen LogP contribution is 2.39.